The molecule has 0 aliphatic carbocycles. The summed E-state index contributed by atoms with van der Waals surface area (Å²) >= 11 is 0. The molecule has 0 bridgehead atoms. The van der Waals surface area contributed by atoms with Gasteiger partial charge in [0.15, 0.2) is 0 Å². The van der Waals surface area contributed by atoms with Crippen molar-refractivity contribution in [2.24, 2.45) is 0 Å². The normalized spacial score (nSPS) is 10.4. The summed E-state index contributed by atoms with van der Waals surface area (Å²) in [6.07, 6.45) is 1.71. The number of anilines is 1. The Hall–Kier alpha value is -2.11. The van der Waals surface area contributed by atoms with Gasteiger partial charge in [-0.15, -0.1) is 0 Å². The zero-order chi connectivity index (χ0) is 15.3. The first-order valence-corrected chi connectivity index (χ1v) is 6.69. The highest BCUT2D eigenvalue weighted by Crippen LogP contribution is 2.26. The number of nitrogens with zero attached hydrogens (tertiary/aromatic N) is 2. The van der Waals surface area contributed by atoms with Gasteiger partial charge in [0.1, 0.15) is 5.69 Å². The minimum Gasteiger partial charge on any atom is -0.383 e. The third kappa shape index (κ3) is 3.26. The van der Waals surface area contributed by atoms with Crippen LogP contribution < -0.4 is 5.32 Å². The Morgan fingerprint density at radius 1 is 1.40 bits per heavy atom. The third-order valence-electron chi connectivity index (χ3n) is 3.52. The molecule has 1 aromatic rings. The van der Waals surface area contributed by atoms with Crippen LogP contribution in [0.4, 0.5) is 11.4 Å². The van der Waals surface area contributed by atoms with E-state index in [2.05, 4.69) is 5.32 Å². The lowest BCUT2D eigenvalue weighted by Gasteiger charge is -2.26. The summed E-state index contributed by atoms with van der Waals surface area (Å²) in [6, 6.07) is 4.64. The van der Waals surface area contributed by atoms with Gasteiger partial charge in [-0.05, 0) is 25.0 Å². The summed E-state index contributed by atoms with van der Waals surface area (Å²) in [4.78, 5) is 24.5. The summed E-state index contributed by atoms with van der Waals surface area (Å²) in [5.74, 6) is -0.190. The lowest BCUT2D eigenvalue weighted by molar-refractivity contribution is -0.384. The monoisotopic (exact) mass is 279 g/mol. The van der Waals surface area contributed by atoms with Gasteiger partial charge in [0.05, 0.1) is 4.92 Å². The van der Waals surface area contributed by atoms with Gasteiger partial charge in [-0.25, -0.2) is 0 Å². The van der Waals surface area contributed by atoms with Crippen LogP contribution in [0.2, 0.25) is 0 Å². The van der Waals surface area contributed by atoms with Crippen molar-refractivity contribution in [3.63, 3.8) is 0 Å². The summed E-state index contributed by atoms with van der Waals surface area (Å²) in [5, 5.41) is 13.8. The van der Waals surface area contributed by atoms with Crippen LogP contribution in [0.15, 0.2) is 18.2 Å². The van der Waals surface area contributed by atoms with Gasteiger partial charge in [-0.3, -0.25) is 14.9 Å². The van der Waals surface area contributed by atoms with E-state index in [4.69, 9.17) is 0 Å². The molecular formula is C14H21N3O3. The van der Waals surface area contributed by atoms with Crippen LogP contribution in [-0.4, -0.2) is 35.9 Å². The molecule has 1 aromatic carbocycles. The molecule has 20 heavy (non-hydrogen) atoms. The van der Waals surface area contributed by atoms with E-state index in [1.807, 2.05) is 13.8 Å². The van der Waals surface area contributed by atoms with Gasteiger partial charge >= 0.3 is 0 Å². The molecular weight excluding hydrogens is 258 g/mol. The quantitative estimate of drug-likeness (QED) is 0.641. The minimum atomic E-state index is -0.486. The van der Waals surface area contributed by atoms with Gasteiger partial charge in [0, 0.05) is 31.8 Å². The number of amides is 1. The Morgan fingerprint density at radius 2 is 2.00 bits per heavy atom. The Morgan fingerprint density at radius 3 is 2.45 bits per heavy atom. The summed E-state index contributed by atoms with van der Waals surface area (Å²) in [7, 11) is 3.35. The molecule has 0 unspecified atom stereocenters. The second-order valence-electron chi connectivity index (χ2n) is 4.63. The predicted molar refractivity (Wildman–Crippen MR) is 79.1 cm³/mol. The van der Waals surface area contributed by atoms with Crippen molar-refractivity contribution in [2.75, 3.05) is 19.4 Å². The average Bonchev–Trinajstić information content (AvgIpc) is 2.46. The summed E-state index contributed by atoms with van der Waals surface area (Å²) < 4.78 is 0. The number of nitro groups is 1. The molecule has 1 N–H and O–H groups in total. The molecule has 6 nitrogen and oxygen atoms in total. The lowest BCUT2D eigenvalue weighted by Crippen LogP contribution is -2.36. The lowest BCUT2D eigenvalue weighted by atomic mass is 10.1. The highest BCUT2D eigenvalue weighted by Gasteiger charge is 2.22. The fourth-order valence-corrected chi connectivity index (χ4v) is 2.23. The van der Waals surface area contributed by atoms with E-state index >= 15 is 0 Å². The fourth-order valence-electron chi connectivity index (χ4n) is 2.23. The Labute approximate surface area is 118 Å². The van der Waals surface area contributed by atoms with Crippen LogP contribution in [0.1, 0.15) is 37.0 Å². The van der Waals surface area contributed by atoms with Crippen LogP contribution in [0.3, 0.4) is 0 Å². The maximum atomic E-state index is 12.4. The van der Waals surface area contributed by atoms with Crippen molar-refractivity contribution in [1.29, 1.82) is 0 Å². The minimum absolute atomic E-state index is 0.0868. The third-order valence-corrected chi connectivity index (χ3v) is 3.52. The van der Waals surface area contributed by atoms with Crippen molar-refractivity contribution >= 4 is 17.3 Å². The van der Waals surface area contributed by atoms with E-state index < -0.39 is 4.92 Å². The van der Waals surface area contributed by atoms with Gasteiger partial charge in [-0.1, -0.05) is 13.8 Å². The molecule has 0 fully saturated rings. The van der Waals surface area contributed by atoms with Crippen molar-refractivity contribution in [3.05, 3.63) is 33.9 Å². The summed E-state index contributed by atoms with van der Waals surface area (Å²) in [6.45, 7) is 4.04. The number of carbonyl (C=O) groups excluding carboxylic acids is 1. The first-order chi connectivity index (χ1) is 9.46. The molecule has 0 radical (unpaired) electrons. The topological polar surface area (TPSA) is 75.5 Å². The number of carbonyl (C=O) groups is 1. The van der Waals surface area contributed by atoms with Crippen molar-refractivity contribution in [3.8, 4) is 0 Å². The maximum absolute atomic E-state index is 12.4. The van der Waals surface area contributed by atoms with E-state index in [9.17, 15) is 14.9 Å². The van der Waals surface area contributed by atoms with Crippen molar-refractivity contribution < 1.29 is 9.72 Å². The zero-order valence-corrected chi connectivity index (χ0v) is 12.3. The number of hydrogen-bond acceptors (Lipinski definition) is 4. The zero-order valence-electron chi connectivity index (χ0n) is 12.3. The number of hydrogen-bond donors (Lipinski definition) is 1. The molecule has 0 heterocycles. The molecule has 1 rings (SSSR count). The van der Waals surface area contributed by atoms with Crippen LogP contribution in [-0.2, 0) is 0 Å². The van der Waals surface area contributed by atoms with E-state index in [-0.39, 0.29) is 17.6 Å². The Kier molecular flexibility index (Phi) is 5.49. The molecule has 0 aliphatic heterocycles. The van der Waals surface area contributed by atoms with Crippen LogP contribution in [0, 0.1) is 10.1 Å². The highest BCUT2D eigenvalue weighted by atomic mass is 16.6. The molecule has 0 atom stereocenters. The first kappa shape index (κ1) is 15.9. The van der Waals surface area contributed by atoms with Crippen LogP contribution in [0.5, 0.6) is 0 Å². The molecule has 6 heteroatoms. The van der Waals surface area contributed by atoms with E-state index in [1.54, 1.807) is 31.1 Å². The van der Waals surface area contributed by atoms with E-state index in [1.165, 1.54) is 6.07 Å². The van der Waals surface area contributed by atoms with E-state index in [0.29, 0.717) is 11.3 Å². The number of rotatable bonds is 6. The smallest absolute Gasteiger partial charge is 0.293 e. The first-order valence-electron chi connectivity index (χ1n) is 6.69. The maximum Gasteiger partial charge on any atom is 0.293 e. The highest BCUT2D eigenvalue weighted by molar-refractivity contribution is 5.95. The van der Waals surface area contributed by atoms with Gasteiger partial charge < -0.3 is 10.2 Å². The molecule has 0 saturated heterocycles. The fraction of sp³-hybridized carbons (Fsp3) is 0.500. The standard InChI is InChI=1S/C14H21N3O3/c1-5-11(6-2)16(4)14(18)10-7-8-12(15-3)13(9-10)17(19)20/h7-9,11,15H,5-6H2,1-4H3. The van der Waals surface area contributed by atoms with Crippen molar-refractivity contribution in [2.45, 2.75) is 32.7 Å². The van der Waals surface area contributed by atoms with Gasteiger partial charge in [-0.2, -0.15) is 0 Å². The molecule has 110 valence electrons. The Balaban J connectivity index is 3.11. The van der Waals surface area contributed by atoms with Crippen molar-refractivity contribution in [1.82, 2.24) is 4.90 Å². The molecule has 0 aromatic heterocycles. The SMILES string of the molecule is CCC(CC)N(C)C(=O)c1ccc(NC)c([N+](=O)[O-])c1. The number of benzene rings is 1. The Bertz CT molecular complexity index is 498. The van der Waals surface area contributed by atoms with Crippen LogP contribution >= 0.6 is 0 Å². The van der Waals surface area contributed by atoms with Gasteiger partial charge in [0.25, 0.3) is 11.6 Å². The summed E-state index contributed by atoms with van der Waals surface area (Å²) in [5.41, 5.74) is 0.651. The largest absolute Gasteiger partial charge is 0.383 e. The van der Waals surface area contributed by atoms with Gasteiger partial charge in [0.2, 0.25) is 0 Å². The molecule has 1 amide bonds. The van der Waals surface area contributed by atoms with E-state index in [0.717, 1.165) is 12.8 Å². The predicted octanol–water partition coefficient (Wildman–Crippen LogP) is 2.90. The second kappa shape index (κ2) is 6.88. The number of nitro benzene ring substituents is 1. The molecule has 0 spiro atoms. The van der Waals surface area contributed by atoms with Crippen LogP contribution in [0.25, 0.3) is 0 Å². The second-order valence-corrected chi connectivity index (χ2v) is 4.63. The average molecular weight is 279 g/mol. The number of nitrogens with one attached hydrogen (secondary N) is 1. The molecule has 0 aliphatic rings. The molecule has 0 saturated carbocycles.